The molecule has 2 saturated heterocycles. The highest BCUT2D eigenvalue weighted by molar-refractivity contribution is 5.48. The first-order valence-corrected chi connectivity index (χ1v) is 8.70. The van der Waals surface area contributed by atoms with Gasteiger partial charge in [-0.05, 0) is 39.7 Å². The number of nitrogens with zero attached hydrogens (tertiary/aromatic N) is 4. The minimum absolute atomic E-state index is 0.0883. The fourth-order valence-corrected chi connectivity index (χ4v) is 3.95. The highest BCUT2D eigenvalue weighted by atomic mass is 16.6. The Morgan fingerprint density at radius 1 is 1.33 bits per heavy atom. The topological polar surface area (TPSA) is 71.7 Å². The van der Waals surface area contributed by atoms with Crippen molar-refractivity contribution in [3.8, 4) is 0 Å². The van der Waals surface area contributed by atoms with Crippen LogP contribution in [0.5, 0.6) is 0 Å². The van der Waals surface area contributed by atoms with Gasteiger partial charge in [0.1, 0.15) is 11.5 Å². The summed E-state index contributed by atoms with van der Waals surface area (Å²) in [5.41, 5.74) is 0.571. The normalized spacial score (nSPS) is 28.3. The summed E-state index contributed by atoms with van der Waals surface area (Å²) in [5.74, 6) is 0.856. The molecule has 0 radical (unpaired) electrons. The van der Waals surface area contributed by atoms with Gasteiger partial charge in [0.05, 0.1) is 17.1 Å². The van der Waals surface area contributed by atoms with Gasteiger partial charge in [-0.2, -0.15) is 0 Å². The predicted octanol–water partition coefficient (Wildman–Crippen LogP) is 2.38. The Hall–Kier alpha value is -1.73. The minimum atomic E-state index is -0.371. The zero-order chi connectivity index (χ0) is 17.3. The van der Waals surface area contributed by atoms with E-state index in [0.29, 0.717) is 11.7 Å². The van der Waals surface area contributed by atoms with Crippen LogP contribution in [0.15, 0.2) is 12.1 Å². The van der Waals surface area contributed by atoms with Gasteiger partial charge in [0.2, 0.25) is 0 Å². The number of nitro groups is 1. The lowest BCUT2D eigenvalue weighted by atomic mass is 10.1. The molecule has 24 heavy (non-hydrogen) atoms. The molecule has 3 rings (SSSR count). The van der Waals surface area contributed by atoms with Crippen LogP contribution in [0.4, 0.5) is 11.5 Å². The van der Waals surface area contributed by atoms with Gasteiger partial charge >= 0.3 is 0 Å². The van der Waals surface area contributed by atoms with Crippen molar-refractivity contribution in [1.29, 1.82) is 0 Å². The highest BCUT2D eigenvalue weighted by Gasteiger charge is 2.31. The number of ether oxygens (including phenoxy) is 1. The molecule has 0 saturated carbocycles. The molecule has 7 heteroatoms. The summed E-state index contributed by atoms with van der Waals surface area (Å²) >= 11 is 0. The monoisotopic (exact) mass is 334 g/mol. The van der Waals surface area contributed by atoms with Crippen LogP contribution in [0.25, 0.3) is 0 Å². The number of anilines is 1. The second kappa shape index (κ2) is 7.03. The lowest BCUT2D eigenvalue weighted by Gasteiger charge is -2.38. The first-order valence-electron chi connectivity index (χ1n) is 8.70. The van der Waals surface area contributed by atoms with Crippen molar-refractivity contribution in [2.75, 3.05) is 31.1 Å². The van der Waals surface area contributed by atoms with Gasteiger partial charge in [-0.1, -0.05) is 0 Å². The number of hydrogen-bond acceptors (Lipinski definition) is 6. The molecule has 7 nitrogen and oxygen atoms in total. The average molecular weight is 334 g/mol. The van der Waals surface area contributed by atoms with Crippen LogP contribution in [0.1, 0.15) is 32.4 Å². The Kier molecular flexibility index (Phi) is 5.01. The first kappa shape index (κ1) is 17.1. The van der Waals surface area contributed by atoms with E-state index in [-0.39, 0.29) is 22.8 Å². The number of hydrogen-bond donors (Lipinski definition) is 0. The van der Waals surface area contributed by atoms with E-state index < -0.39 is 0 Å². The number of aryl methyl sites for hydroxylation is 1. The molecule has 0 spiro atoms. The molecule has 2 aliphatic heterocycles. The average Bonchev–Trinajstić information content (AvgIpc) is 2.93. The van der Waals surface area contributed by atoms with Gasteiger partial charge in [0, 0.05) is 38.3 Å². The molecule has 0 amide bonds. The molecule has 0 bridgehead atoms. The van der Waals surface area contributed by atoms with E-state index in [2.05, 4.69) is 28.6 Å². The molecule has 1 aromatic rings. The van der Waals surface area contributed by atoms with E-state index in [1.54, 1.807) is 19.1 Å². The molecular weight excluding hydrogens is 308 g/mol. The fourth-order valence-electron chi connectivity index (χ4n) is 3.95. The van der Waals surface area contributed by atoms with E-state index in [0.717, 1.165) is 44.8 Å². The molecule has 2 aliphatic rings. The lowest BCUT2D eigenvalue weighted by Crippen LogP contribution is -2.50. The summed E-state index contributed by atoms with van der Waals surface area (Å²) in [4.78, 5) is 19.9. The molecule has 132 valence electrons. The standard InChI is InChI=1S/C17H26N4O3/c1-12-9-19(10-13(2)24-12)11-15-5-4-8-20(15)17-7-6-16(21(22)23)14(3)18-17/h6-7,12-13,15H,4-5,8-11H2,1-3H3/t12-,13+,15-/m1/s1. The first-order chi connectivity index (χ1) is 11.4. The molecule has 3 atom stereocenters. The summed E-state index contributed by atoms with van der Waals surface area (Å²) in [6, 6.07) is 3.77. The Bertz CT molecular complexity index is 599. The van der Waals surface area contributed by atoms with E-state index >= 15 is 0 Å². The van der Waals surface area contributed by atoms with Crippen LogP contribution >= 0.6 is 0 Å². The molecule has 3 heterocycles. The van der Waals surface area contributed by atoms with Gasteiger partial charge in [-0.25, -0.2) is 4.98 Å². The van der Waals surface area contributed by atoms with Crippen LogP contribution in [-0.2, 0) is 4.74 Å². The zero-order valence-electron chi connectivity index (χ0n) is 14.6. The SMILES string of the molecule is Cc1nc(N2CCC[C@@H]2CN2C[C@@H](C)O[C@@H](C)C2)ccc1[N+](=O)[O-]. The maximum absolute atomic E-state index is 11.0. The molecule has 1 aromatic heterocycles. The zero-order valence-corrected chi connectivity index (χ0v) is 14.6. The van der Waals surface area contributed by atoms with Crippen LogP contribution in [0, 0.1) is 17.0 Å². The number of aromatic nitrogens is 1. The van der Waals surface area contributed by atoms with Crippen molar-refractivity contribution in [1.82, 2.24) is 9.88 Å². The summed E-state index contributed by atoms with van der Waals surface area (Å²) in [6.07, 6.45) is 2.81. The van der Waals surface area contributed by atoms with Crippen LogP contribution < -0.4 is 4.90 Å². The maximum atomic E-state index is 11.0. The van der Waals surface area contributed by atoms with Crippen LogP contribution in [0.2, 0.25) is 0 Å². The van der Waals surface area contributed by atoms with Crippen LogP contribution in [-0.4, -0.2) is 59.2 Å². The summed E-state index contributed by atoms with van der Waals surface area (Å²) in [6.45, 7) is 9.83. The summed E-state index contributed by atoms with van der Waals surface area (Å²) < 4.78 is 5.81. The molecule has 0 unspecified atom stereocenters. The van der Waals surface area contributed by atoms with E-state index in [1.165, 1.54) is 0 Å². The third-order valence-corrected chi connectivity index (χ3v) is 4.88. The predicted molar refractivity (Wildman–Crippen MR) is 92.4 cm³/mol. The van der Waals surface area contributed by atoms with Crippen molar-refractivity contribution in [2.45, 2.75) is 51.9 Å². The Morgan fingerprint density at radius 2 is 2.04 bits per heavy atom. The third-order valence-electron chi connectivity index (χ3n) is 4.88. The Labute approximate surface area is 142 Å². The van der Waals surface area contributed by atoms with Gasteiger partial charge in [-0.3, -0.25) is 15.0 Å². The van der Waals surface area contributed by atoms with Crippen LogP contribution in [0.3, 0.4) is 0 Å². The number of morpholine rings is 1. The van der Waals surface area contributed by atoms with Crippen molar-refractivity contribution in [3.05, 3.63) is 27.9 Å². The molecule has 0 aliphatic carbocycles. The quantitative estimate of drug-likeness (QED) is 0.622. The number of rotatable bonds is 4. The van der Waals surface area contributed by atoms with Gasteiger partial charge in [-0.15, -0.1) is 0 Å². The third kappa shape index (κ3) is 3.67. The Balaban J connectivity index is 1.71. The summed E-state index contributed by atoms with van der Waals surface area (Å²) in [7, 11) is 0. The molecule has 0 N–H and O–H groups in total. The van der Waals surface area contributed by atoms with Crippen molar-refractivity contribution in [2.24, 2.45) is 0 Å². The fraction of sp³-hybridized carbons (Fsp3) is 0.706. The highest BCUT2D eigenvalue weighted by Crippen LogP contribution is 2.28. The molecule has 0 aromatic carbocycles. The van der Waals surface area contributed by atoms with Crippen molar-refractivity contribution in [3.63, 3.8) is 0 Å². The number of pyridine rings is 1. The maximum Gasteiger partial charge on any atom is 0.290 e. The van der Waals surface area contributed by atoms with Crippen molar-refractivity contribution >= 4 is 11.5 Å². The van der Waals surface area contributed by atoms with Gasteiger partial charge in [0.15, 0.2) is 0 Å². The van der Waals surface area contributed by atoms with Gasteiger partial charge < -0.3 is 9.64 Å². The van der Waals surface area contributed by atoms with E-state index in [4.69, 9.17) is 4.74 Å². The van der Waals surface area contributed by atoms with Gasteiger partial charge in [0.25, 0.3) is 5.69 Å². The molecular formula is C17H26N4O3. The van der Waals surface area contributed by atoms with E-state index in [1.807, 2.05) is 0 Å². The smallest absolute Gasteiger partial charge is 0.290 e. The summed E-state index contributed by atoms with van der Waals surface area (Å²) in [5, 5.41) is 11.0. The second-order valence-electron chi connectivity index (χ2n) is 7.00. The van der Waals surface area contributed by atoms with E-state index in [9.17, 15) is 10.1 Å². The minimum Gasteiger partial charge on any atom is -0.373 e. The lowest BCUT2D eigenvalue weighted by molar-refractivity contribution is -0.385. The second-order valence-corrected chi connectivity index (χ2v) is 7.00. The van der Waals surface area contributed by atoms with Crippen molar-refractivity contribution < 1.29 is 9.66 Å². The molecule has 2 fully saturated rings. The largest absolute Gasteiger partial charge is 0.373 e. The Morgan fingerprint density at radius 3 is 2.67 bits per heavy atom.